The molecule has 0 spiro atoms. The molecule has 0 N–H and O–H groups in total. The van der Waals surface area contributed by atoms with Crippen LogP contribution in [0.2, 0.25) is 0 Å². The second-order valence-corrected chi connectivity index (χ2v) is 23.7. The van der Waals surface area contributed by atoms with Gasteiger partial charge in [0.1, 0.15) is 8.07 Å². The molecule has 5 heteroatoms. The molecular weight excluding hydrogens is 805 g/mol. The van der Waals surface area contributed by atoms with Crippen LogP contribution in [-0.4, -0.2) is 26.3 Å². The fourth-order valence-electron chi connectivity index (χ4n) is 13.4. The summed E-state index contributed by atoms with van der Waals surface area (Å²) in [6, 6.07) is 63.0. The van der Waals surface area contributed by atoms with Crippen molar-refractivity contribution in [1.29, 1.82) is 0 Å². The molecule has 0 amide bonds. The van der Waals surface area contributed by atoms with Crippen LogP contribution in [0.3, 0.4) is 0 Å². The number of aromatic nitrogens is 4. The Morgan fingerprint density at radius 2 is 0.692 bits per heavy atom. The minimum absolute atomic E-state index is 0.402. The highest BCUT2D eigenvalue weighted by atomic mass is 28.3. The van der Waals surface area contributed by atoms with E-state index in [1.165, 1.54) is 125 Å². The summed E-state index contributed by atoms with van der Waals surface area (Å²) in [5, 5.41) is 17.7. The zero-order valence-corrected chi connectivity index (χ0v) is 36.8. The maximum atomic E-state index is 2.81. The number of benzene rings is 10. The standard InChI is InChI=1S/C60H42N4Si/c1-9-37-25-26-38-10-2-18-46-54(38)53(37)45(17-1)61(46)33-65(34-62-47-19-3-11-39-27-28-40-12-4-20-48(62)56(40)55(39)47,35-63-49-21-5-13-41-29-30-42-14-6-22-50(63)58(42)57(41)49)36-64-51-23-7-15-43-31-32-44-16-8-24-52(64)60(44)59(43)51/h1-15,17-32,44H,16,33-36H2. The third-order valence-corrected chi connectivity index (χ3v) is 19.9. The van der Waals surface area contributed by atoms with Crippen molar-refractivity contribution in [2.75, 3.05) is 0 Å². The van der Waals surface area contributed by atoms with Gasteiger partial charge in [0.15, 0.2) is 0 Å². The Kier molecular flexibility index (Phi) is 6.62. The van der Waals surface area contributed by atoms with E-state index in [2.05, 4.69) is 206 Å². The van der Waals surface area contributed by atoms with Crippen LogP contribution < -0.4 is 0 Å². The van der Waals surface area contributed by atoms with Crippen molar-refractivity contribution in [2.24, 2.45) is 0 Å². The van der Waals surface area contributed by atoms with Gasteiger partial charge in [-0.25, -0.2) is 0 Å². The third kappa shape index (κ3) is 4.51. The third-order valence-electron chi connectivity index (χ3n) is 16.0. The SMILES string of the molecule is C1=Cc2c3c4c(cccc4n2C[Si](Cn2c4cccc5ccc6cccc2c6c54)(Cn2c4cccc5ccc6cccc2c6c54)Cn2c4cccc5ccc6cccc2c6c54)C=CC3C1. The molecule has 2 aliphatic carbocycles. The Morgan fingerprint density at radius 1 is 0.354 bits per heavy atom. The molecule has 1 atom stereocenters. The summed E-state index contributed by atoms with van der Waals surface area (Å²) in [7, 11) is -2.82. The van der Waals surface area contributed by atoms with Gasteiger partial charge in [0, 0.05) is 113 Å². The van der Waals surface area contributed by atoms with E-state index in [1.54, 1.807) is 0 Å². The Labute approximate surface area is 375 Å². The van der Waals surface area contributed by atoms with Crippen molar-refractivity contribution in [2.45, 2.75) is 37.0 Å². The van der Waals surface area contributed by atoms with Gasteiger partial charge in [0.05, 0.1) is 0 Å². The van der Waals surface area contributed by atoms with Gasteiger partial charge < -0.3 is 18.3 Å². The molecule has 0 bridgehead atoms. The summed E-state index contributed by atoms with van der Waals surface area (Å²) in [5.41, 5.74) is 13.7. The molecule has 2 aliphatic rings. The van der Waals surface area contributed by atoms with Crippen LogP contribution in [0, 0.1) is 0 Å². The molecule has 0 saturated heterocycles. The van der Waals surface area contributed by atoms with Gasteiger partial charge in [0.25, 0.3) is 0 Å². The van der Waals surface area contributed by atoms with Crippen LogP contribution in [0.4, 0.5) is 0 Å². The molecule has 10 aromatic carbocycles. The van der Waals surface area contributed by atoms with E-state index in [0.717, 1.165) is 31.1 Å². The summed E-state index contributed by atoms with van der Waals surface area (Å²) in [4.78, 5) is 0. The van der Waals surface area contributed by atoms with Gasteiger partial charge >= 0.3 is 0 Å². The monoisotopic (exact) mass is 846 g/mol. The van der Waals surface area contributed by atoms with Crippen LogP contribution in [0.1, 0.15) is 29.2 Å². The Balaban J connectivity index is 1.05. The second-order valence-electron chi connectivity index (χ2n) is 19.4. The number of hydrogen-bond acceptors (Lipinski definition) is 0. The van der Waals surface area contributed by atoms with Gasteiger partial charge in [-0.15, -0.1) is 0 Å². The van der Waals surface area contributed by atoms with Gasteiger partial charge in [-0.3, -0.25) is 0 Å². The van der Waals surface area contributed by atoms with Crippen LogP contribution in [-0.2, 0) is 24.7 Å². The highest BCUT2D eigenvalue weighted by Crippen LogP contribution is 2.47. The first-order chi connectivity index (χ1) is 32.2. The molecule has 4 aromatic heterocycles. The molecule has 1 unspecified atom stereocenters. The van der Waals surface area contributed by atoms with E-state index in [-0.39, 0.29) is 0 Å². The lowest BCUT2D eigenvalue weighted by molar-refractivity contribution is 0.721. The topological polar surface area (TPSA) is 19.7 Å². The summed E-state index contributed by atoms with van der Waals surface area (Å²) >= 11 is 0. The number of allylic oxidation sites excluding steroid dienone is 2. The quantitative estimate of drug-likeness (QED) is 0.107. The van der Waals surface area contributed by atoms with Crippen molar-refractivity contribution in [3.05, 3.63) is 193 Å². The number of rotatable bonds is 8. The summed E-state index contributed by atoms with van der Waals surface area (Å²) < 4.78 is 11.2. The predicted octanol–water partition coefficient (Wildman–Crippen LogP) is 15.0. The average molecular weight is 847 g/mol. The molecular formula is C60H42N4Si. The van der Waals surface area contributed by atoms with E-state index < -0.39 is 8.07 Å². The fourth-order valence-corrected chi connectivity index (χ4v) is 18.1. The molecule has 0 radical (unpaired) electrons. The zero-order chi connectivity index (χ0) is 42.1. The first-order valence-electron chi connectivity index (χ1n) is 23.3. The fraction of sp³-hybridized carbons (Fsp3) is 0.100. The van der Waals surface area contributed by atoms with E-state index in [1.807, 2.05) is 0 Å². The van der Waals surface area contributed by atoms with E-state index >= 15 is 0 Å². The average Bonchev–Trinajstić information content (AvgIpc) is 4.07. The lowest BCUT2D eigenvalue weighted by atomic mass is 9.84. The van der Waals surface area contributed by atoms with Crippen molar-refractivity contribution >= 4 is 129 Å². The maximum Gasteiger partial charge on any atom is 0.139 e. The number of hydrogen-bond donors (Lipinski definition) is 0. The molecule has 4 nitrogen and oxygen atoms in total. The van der Waals surface area contributed by atoms with Crippen LogP contribution in [0.25, 0.3) is 121 Å². The molecule has 0 saturated carbocycles. The Hall–Kier alpha value is -7.60. The maximum absolute atomic E-state index is 2.82. The summed E-state index contributed by atoms with van der Waals surface area (Å²) in [6.07, 6.45) is 14.6. The van der Waals surface area contributed by atoms with Gasteiger partial charge in [0.2, 0.25) is 0 Å². The minimum atomic E-state index is -2.82. The summed E-state index contributed by atoms with van der Waals surface area (Å²) in [6.45, 7) is 0. The first-order valence-corrected chi connectivity index (χ1v) is 26.2. The molecule has 0 fully saturated rings. The zero-order valence-electron chi connectivity index (χ0n) is 35.8. The molecule has 65 heavy (non-hydrogen) atoms. The molecule has 14 aromatic rings. The first kappa shape index (κ1) is 34.8. The smallest absolute Gasteiger partial charge is 0.139 e. The highest BCUT2D eigenvalue weighted by molar-refractivity contribution is 6.76. The molecule has 4 heterocycles. The van der Waals surface area contributed by atoms with E-state index in [4.69, 9.17) is 0 Å². The van der Waals surface area contributed by atoms with Crippen molar-refractivity contribution in [1.82, 2.24) is 18.3 Å². The number of nitrogens with zero attached hydrogens (tertiary/aromatic N) is 4. The van der Waals surface area contributed by atoms with Crippen LogP contribution in [0.15, 0.2) is 176 Å². The second kappa shape index (κ2) is 12.3. The van der Waals surface area contributed by atoms with Crippen LogP contribution >= 0.6 is 0 Å². The molecule has 0 aliphatic heterocycles. The predicted molar refractivity (Wildman–Crippen MR) is 278 cm³/mol. The van der Waals surface area contributed by atoms with Crippen molar-refractivity contribution in [3.63, 3.8) is 0 Å². The summed E-state index contributed by atoms with van der Waals surface area (Å²) in [5.74, 6) is 0.402. The van der Waals surface area contributed by atoms with Crippen molar-refractivity contribution < 1.29 is 0 Å². The Bertz CT molecular complexity index is 3810. The lowest BCUT2D eigenvalue weighted by Crippen LogP contribution is -2.53. The normalized spacial score (nSPS) is 15.3. The van der Waals surface area contributed by atoms with Gasteiger partial charge in [-0.2, -0.15) is 0 Å². The molecule has 306 valence electrons. The van der Waals surface area contributed by atoms with Crippen LogP contribution in [0.5, 0.6) is 0 Å². The highest BCUT2D eigenvalue weighted by Gasteiger charge is 2.41. The van der Waals surface area contributed by atoms with Gasteiger partial charge in [-0.05, 0) is 98.4 Å². The van der Waals surface area contributed by atoms with Gasteiger partial charge in [-0.1, -0.05) is 140 Å². The van der Waals surface area contributed by atoms with Crippen molar-refractivity contribution in [3.8, 4) is 0 Å². The minimum Gasteiger partial charge on any atom is -0.343 e. The lowest BCUT2D eigenvalue weighted by Gasteiger charge is -2.36. The van der Waals surface area contributed by atoms with E-state index in [0.29, 0.717) is 5.92 Å². The largest absolute Gasteiger partial charge is 0.343 e. The van der Waals surface area contributed by atoms with E-state index in [9.17, 15) is 0 Å². The Morgan fingerprint density at radius 3 is 1.08 bits per heavy atom. The molecule has 16 rings (SSSR count).